The molecule has 17 heavy (non-hydrogen) atoms. The van der Waals surface area contributed by atoms with Gasteiger partial charge in [0.2, 0.25) is 0 Å². The molecule has 0 saturated heterocycles. The van der Waals surface area contributed by atoms with Gasteiger partial charge in [0.15, 0.2) is 0 Å². The zero-order valence-electron chi connectivity index (χ0n) is 11.0. The van der Waals surface area contributed by atoms with Crippen molar-refractivity contribution in [2.24, 2.45) is 5.92 Å². The van der Waals surface area contributed by atoms with Gasteiger partial charge in [0.05, 0.1) is 10.7 Å². The molecule has 0 N–H and O–H groups in total. The Balaban J connectivity index is 4.15. The molecule has 0 aliphatic carbocycles. The summed E-state index contributed by atoms with van der Waals surface area (Å²) in [4.78, 5) is 11.3. The van der Waals surface area contributed by atoms with Crippen LogP contribution in [0.15, 0.2) is 0 Å². The fourth-order valence-electron chi connectivity index (χ4n) is 1.17. The van der Waals surface area contributed by atoms with Gasteiger partial charge >= 0.3 is 14.8 Å². The molecular weight excluding hydrogens is 308 g/mol. The average Bonchev–Trinajstić information content (AvgIpc) is 2.33. The molecule has 5 nitrogen and oxygen atoms in total. The van der Waals surface area contributed by atoms with Crippen LogP contribution in [0.3, 0.4) is 0 Å². The van der Waals surface area contributed by atoms with Crippen molar-refractivity contribution >= 4 is 30.7 Å². The Labute approximate surface area is 112 Å². The number of esters is 1. The van der Waals surface area contributed by atoms with Crippen molar-refractivity contribution in [3.63, 3.8) is 0 Å². The molecule has 0 spiro atoms. The van der Waals surface area contributed by atoms with Crippen LogP contribution in [0, 0.1) is 5.92 Å². The van der Waals surface area contributed by atoms with E-state index in [1.807, 2.05) is 0 Å². The lowest BCUT2D eigenvalue weighted by molar-refractivity contribution is -0.147. The highest BCUT2D eigenvalue weighted by Crippen LogP contribution is 2.20. The predicted octanol–water partition coefficient (Wildman–Crippen LogP) is 1.83. The monoisotopic (exact) mass is 328 g/mol. The van der Waals surface area contributed by atoms with E-state index in [2.05, 4.69) is 15.9 Å². The summed E-state index contributed by atoms with van der Waals surface area (Å²) in [5, 5.41) is 0. The van der Waals surface area contributed by atoms with Crippen molar-refractivity contribution in [2.45, 2.75) is 24.7 Å². The fraction of sp³-hybridized carbons (Fsp3) is 0.900. The van der Waals surface area contributed by atoms with Crippen LogP contribution in [0.25, 0.3) is 0 Å². The summed E-state index contributed by atoms with van der Waals surface area (Å²) >= 11 is 3.43. The molecule has 102 valence electrons. The largest absolute Gasteiger partial charge is 0.501 e. The minimum absolute atomic E-state index is 0.0447. The van der Waals surface area contributed by atoms with Gasteiger partial charge in [0.1, 0.15) is 6.61 Å². The van der Waals surface area contributed by atoms with Crippen LogP contribution in [0.5, 0.6) is 0 Å². The molecule has 0 rings (SSSR count). The van der Waals surface area contributed by atoms with E-state index in [0.717, 1.165) is 0 Å². The number of hydrogen-bond acceptors (Lipinski definition) is 5. The van der Waals surface area contributed by atoms with Crippen molar-refractivity contribution in [1.82, 2.24) is 0 Å². The second-order valence-electron chi connectivity index (χ2n) is 3.88. The van der Waals surface area contributed by atoms with Gasteiger partial charge in [0, 0.05) is 27.4 Å². The third kappa shape index (κ3) is 5.96. The second-order valence-corrected chi connectivity index (χ2v) is 8.18. The quantitative estimate of drug-likeness (QED) is 0.386. The molecule has 1 atom stereocenters. The third-order valence-electron chi connectivity index (χ3n) is 2.28. The Kier molecular flexibility index (Phi) is 8.22. The second kappa shape index (κ2) is 8.20. The maximum absolute atomic E-state index is 11.3. The smallest absolute Gasteiger partial charge is 0.464 e. The number of carbonyl (C=O) groups excluding carboxylic acids is 1. The number of alkyl halides is 1. The van der Waals surface area contributed by atoms with Gasteiger partial charge in [-0.05, 0) is 0 Å². The average molecular weight is 329 g/mol. The Morgan fingerprint density at radius 2 is 1.65 bits per heavy atom. The highest BCUT2D eigenvalue weighted by molar-refractivity contribution is 9.09. The van der Waals surface area contributed by atoms with E-state index < -0.39 is 8.80 Å². The minimum atomic E-state index is -2.62. The molecule has 0 aromatic carbocycles. The molecule has 0 aromatic heterocycles. The number of halogens is 1. The molecule has 1 unspecified atom stereocenters. The van der Waals surface area contributed by atoms with Crippen molar-refractivity contribution in [3.05, 3.63) is 0 Å². The van der Waals surface area contributed by atoms with Gasteiger partial charge < -0.3 is 18.0 Å². The maximum atomic E-state index is 11.3. The van der Waals surface area contributed by atoms with Crippen LogP contribution in [-0.4, -0.2) is 47.5 Å². The van der Waals surface area contributed by atoms with Crippen LogP contribution in [-0.2, 0) is 22.8 Å². The van der Waals surface area contributed by atoms with E-state index in [0.29, 0.717) is 6.04 Å². The van der Waals surface area contributed by atoms with Gasteiger partial charge in [-0.15, -0.1) is 0 Å². The lowest BCUT2D eigenvalue weighted by Crippen LogP contribution is -2.45. The summed E-state index contributed by atoms with van der Waals surface area (Å²) in [6, 6.07) is 0.544. The number of hydrogen-bond donors (Lipinski definition) is 0. The van der Waals surface area contributed by atoms with Crippen molar-refractivity contribution in [1.29, 1.82) is 0 Å². The summed E-state index contributed by atoms with van der Waals surface area (Å²) in [7, 11) is 2.05. The highest BCUT2D eigenvalue weighted by Gasteiger charge is 2.40. The standard InChI is InChI=1S/C10H21BrO5Si/c1-8(2)10(12)16-6-9(11)7-17(13-3,14-4)15-5/h8-9H,6-7H2,1-5H3. The number of ether oxygens (including phenoxy) is 1. The molecule has 7 heteroatoms. The minimum Gasteiger partial charge on any atom is -0.464 e. The SMILES string of the molecule is CO[Si](CC(Br)COC(=O)C(C)C)(OC)OC. The van der Waals surface area contributed by atoms with Gasteiger partial charge in [-0.2, -0.15) is 0 Å². The van der Waals surface area contributed by atoms with Gasteiger partial charge in [-0.3, -0.25) is 4.79 Å². The first kappa shape index (κ1) is 17.0. The van der Waals surface area contributed by atoms with E-state index in [1.54, 1.807) is 35.2 Å². The number of rotatable bonds is 8. The van der Waals surface area contributed by atoms with Crippen LogP contribution in [0.1, 0.15) is 13.8 Å². The lowest BCUT2D eigenvalue weighted by atomic mass is 10.2. The van der Waals surface area contributed by atoms with Crippen molar-refractivity contribution in [3.8, 4) is 0 Å². The predicted molar refractivity (Wildman–Crippen MR) is 70.1 cm³/mol. The first-order valence-electron chi connectivity index (χ1n) is 5.37. The van der Waals surface area contributed by atoms with E-state index in [1.165, 1.54) is 0 Å². The first-order chi connectivity index (χ1) is 7.90. The van der Waals surface area contributed by atoms with Crippen LogP contribution in [0.4, 0.5) is 0 Å². The normalized spacial score (nSPS) is 13.8. The summed E-state index contributed by atoms with van der Waals surface area (Å²) in [5.74, 6) is -0.335. The van der Waals surface area contributed by atoms with E-state index in [-0.39, 0.29) is 23.3 Å². The summed E-state index contributed by atoms with van der Waals surface area (Å²) < 4.78 is 21.0. The Bertz CT molecular complexity index is 224. The maximum Gasteiger partial charge on any atom is 0.501 e. The number of carbonyl (C=O) groups is 1. The molecule has 0 amide bonds. The highest BCUT2D eigenvalue weighted by atomic mass is 79.9. The topological polar surface area (TPSA) is 54.0 Å². The van der Waals surface area contributed by atoms with Gasteiger partial charge in [-0.25, -0.2) is 0 Å². The zero-order chi connectivity index (χ0) is 13.5. The van der Waals surface area contributed by atoms with E-state index >= 15 is 0 Å². The van der Waals surface area contributed by atoms with Gasteiger partial charge in [-0.1, -0.05) is 29.8 Å². The molecule has 0 aliphatic rings. The van der Waals surface area contributed by atoms with Gasteiger partial charge in [0.25, 0.3) is 0 Å². The molecular formula is C10H21BrO5Si. The first-order valence-corrected chi connectivity index (χ1v) is 8.21. The Morgan fingerprint density at radius 1 is 1.18 bits per heavy atom. The van der Waals surface area contributed by atoms with Crippen molar-refractivity contribution < 1.29 is 22.8 Å². The summed E-state index contributed by atoms with van der Waals surface area (Å²) in [6.45, 7) is 3.87. The molecule has 0 saturated carbocycles. The molecule has 0 aromatic rings. The summed E-state index contributed by atoms with van der Waals surface area (Å²) in [5.41, 5.74) is 0. The van der Waals surface area contributed by atoms with Crippen LogP contribution < -0.4 is 0 Å². The molecule has 0 bridgehead atoms. The molecule has 0 fully saturated rings. The molecule has 0 heterocycles. The van der Waals surface area contributed by atoms with Crippen molar-refractivity contribution in [2.75, 3.05) is 27.9 Å². The Hall–Kier alpha value is 0.0469. The van der Waals surface area contributed by atoms with E-state index in [9.17, 15) is 4.79 Å². The Morgan fingerprint density at radius 3 is 2.00 bits per heavy atom. The molecule has 0 radical (unpaired) electrons. The van der Waals surface area contributed by atoms with E-state index in [4.69, 9.17) is 18.0 Å². The lowest BCUT2D eigenvalue weighted by Gasteiger charge is -2.26. The van der Waals surface area contributed by atoms with Crippen LogP contribution in [0.2, 0.25) is 6.04 Å². The fourth-order valence-corrected chi connectivity index (χ4v) is 4.15. The summed E-state index contributed by atoms with van der Waals surface area (Å²) in [6.07, 6.45) is 0. The third-order valence-corrected chi connectivity index (χ3v) is 6.33. The van der Waals surface area contributed by atoms with Crippen LogP contribution >= 0.6 is 15.9 Å². The zero-order valence-corrected chi connectivity index (χ0v) is 13.6. The molecule has 0 aliphatic heterocycles.